The number of carbonyl (C=O) groups excluding carboxylic acids is 1. The molecule has 3 aromatic rings. The highest BCUT2D eigenvalue weighted by Gasteiger charge is 2.03. The zero-order chi connectivity index (χ0) is 15.4. The molecule has 0 fully saturated rings. The van der Waals surface area contributed by atoms with E-state index in [0.29, 0.717) is 12.2 Å². The maximum absolute atomic E-state index is 11.2. The Morgan fingerprint density at radius 1 is 1.09 bits per heavy atom. The monoisotopic (exact) mass is 295 g/mol. The van der Waals surface area contributed by atoms with E-state index >= 15 is 0 Å². The van der Waals surface area contributed by atoms with Crippen LogP contribution in [0.3, 0.4) is 0 Å². The molecule has 22 heavy (non-hydrogen) atoms. The standard InChI is InChI=1S/C17H17N3O2/c21-11-17(22)20-14-5-2-4-13(9-14)19-10-12-3-1-6-16-15(12)7-8-18-16/h1-9,18-19,21H,10-11H2,(H,20,22). The fourth-order valence-corrected chi connectivity index (χ4v) is 2.41. The van der Waals surface area contributed by atoms with E-state index in [1.807, 2.05) is 36.5 Å². The lowest BCUT2D eigenvalue weighted by atomic mass is 10.1. The second-order valence-corrected chi connectivity index (χ2v) is 5.00. The lowest BCUT2D eigenvalue weighted by Crippen LogP contribution is -2.15. The van der Waals surface area contributed by atoms with E-state index in [-0.39, 0.29) is 0 Å². The SMILES string of the molecule is O=C(CO)Nc1cccc(NCc2cccc3[nH]ccc23)c1. The molecule has 0 saturated heterocycles. The van der Waals surface area contributed by atoms with Gasteiger partial charge < -0.3 is 20.7 Å². The number of aliphatic hydroxyl groups is 1. The van der Waals surface area contributed by atoms with Crippen LogP contribution in [0.15, 0.2) is 54.7 Å². The van der Waals surface area contributed by atoms with Gasteiger partial charge >= 0.3 is 0 Å². The summed E-state index contributed by atoms with van der Waals surface area (Å²) in [7, 11) is 0. The van der Waals surface area contributed by atoms with E-state index in [2.05, 4.69) is 27.8 Å². The minimum absolute atomic E-state index is 0.422. The zero-order valence-electron chi connectivity index (χ0n) is 12.0. The fourth-order valence-electron chi connectivity index (χ4n) is 2.41. The first-order valence-corrected chi connectivity index (χ1v) is 7.06. The number of rotatable bonds is 5. The Morgan fingerprint density at radius 2 is 1.91 bits per heavy atom. The number of anilines is 2. The molecule has 0 bridgehead atoms. The van der Waals surface area contributed by atoms with Crippen LogP contribution in [0.25, 0.3) is 10.9 Å². The maximum atomic E-state index is 11.2. The molecule has 5 nitrogen and oxygen atoms in total. The Morgan fingerprint density at radius 3 is 2.77 bits per heavy atom. The summed E-state index contributed by atoms with van der Waals surface area (Å²) < 4.78 is 0. The summed E-state index contributed by atoms with van der Waals surface area (Å²) in [4.78, 5) is 14.4. The van der Waals surface area contributed by atoms with Crippen LogP contribution in [-0.4, -0.2) is 22.6 Å². The smallest absolute Gasteiger partial charge is 0.250 e. The molecule has 0 radical (unpaired) electrons. The predicted molar refractivity (Wildman–Crippen MR) is 87.8 cm³/mol. The van der Waals surface area contributed by atoms with Gasteiger partial charge in [0.15, 0.2) is 0 Å². The highest BCUT2D eigenvalue weighted by molar-refractivity contribution is 5.92. The van der Waals surface area contributed by atoms with Crippen molar-refractivity contribution in [3.05, 3.63) is 60.3 Å². The molecule has 0 unspecified atom stereocenters. The van der Waals surface area contributed by atoms with Gasteiger partial charge in [-0.15, -0.1) is 0 Å². The molecule has 112 valence electrons. The van der Waals surface area contributed by atoms with E-state index in [4.69, 9.17) is 5.11 Å². The number of hydrogen-bond donors (Lipinski definition) is 4. The summed E-state index contributed by atoms with van der Waals surface area (Å²) in [6, 6.07) is 15.6. The fraction of sp³-hybridized carbons (Fsp3) is 0.118. The molecule has 3 rings (SSSR count). The molecule has 1 amide bonds. The van der Waals surface area contributed by atoms with Gasteiger partial charge in [-0.1, -0.05) is 18.2 Å². The molecule has 5 heteroatoms. The molecular formula is C17H17N3O2. The molecule has 0 aliphatic carbocycles. The van der Waals surface area contributed by atoms with Crippen LogP contribution in [0.4, 0.5) is 11.4 Å². The van der Waals surface area contributed by atoms with Crippen molar-refractivity contribution in [3.8, 4) is 0 Å². The second kappa shape index (κ2) is 6.32. The van der Waals surface area contributed by atoms with Gasteiger partial charge in [-0.05, 0) is 35.9 Å². The molecule has 0 aliphatic rings. The van der Waals surface area contributed by atoms with Gasteiger partial charge in [0.05, 0.1) is 0 Å². The quantitative estimate of drug-likeness (QED) is 0.584. The number of amides is 1. The molecule has 4 N–H and O–H groups in total. The van der Waals surface area contributed by atoms with Crippen LogP contribution < -0.4 is 10.6 Å². The Labute approximate surface area is 128 Å². The molecule has 0 spiro atoms. The number of benzene rings is 2. The number of aromatic nitrogens is 1. The van der Waals surface area contributed by atoms with Gasteiger partial charge in [0, 0.05) is 35.0 Å². The lowest BCUT2D eigenvalue weighted by Gasteiger charge is -2.10. The summed E-state index contributed by atoms with van der Waals surface area (Å²) in [6.45, 7) is 0.166. The highest BCUT2D eigenvalue weighted by atomic mass is 16.3. The normalized spacial score (nSPS) is 10.6. The summed E-state index contributed by atoms with van der Waals surface area (Å²) in [6.07, 6.45) is 1.93. The molecule has 0 aliphatic heterocycles. The van der Waals surface area contributed by atoms with Crippen molar-refractivity contribution < 1.29 is 9.90 Å². The van der Waals surface area contributed by atoms with Crippen molar-refractivity contribution >= 4 is 28.2 Å². The van der Waals surface area contributed by atoms with Gasteiger partial charge in [0.25, 0.3) is 0 Å². The highest BCUT2D eigenvalue weighted by Crippen LogP contribution is 2.20. The molecule has 1 heterocycles. The largest absolute Gasteiger partial charge is 0.387 e. The Bertz CT molecular complexity index is 795. The first-order chi connectivity index (χ1) is 10.8. The summed E-state index contributed by atoms with van der Waals surface area (Å²) in [5.41, 5.74) is 3.87. The number of aromatic amines is 1. The zero-order valence-corrected chi connectivity index (χ0v) is 12.0. The molecule has 0 atom stereocenters. The third-order valence-corrected chi connectivity index (χ3v) is 3.46. The molecule has 2 aromatic carbocycles. The van der Waals surface area contributed by atoms with Crippen molar-refractivity contribution in [1.29, 1.82) is 0 Å². The van der Waals surface area contributed by atoms with Crippen molar-refractivity contribution in [1.82, 2.24) is 4.98 Å². The topological polar surface area (TPSA) is 77.2 Å². The minimum Gasteiger partial charge on any atom is -0.387 e. The van der Waals surface area contributed by atoms with E-state index in [1.54, 1.807) is 6.07 Å². The van der Waals surface area contributed by atoms with Crippen LogP contribution in [0, 0.1) is 0 Å². The third-order valence-electron chi connectivity index (χ3n) is 3.46. The third kappa shape index (κ3) is 3.10. The summed E-state index contributed by atoms with van der Waals surface area (Å²) in [5, 5.41) is 15.9. The van der Waals surface area contributed by atoms with Crippen LogP contribution in [0.2, 0.25) is 0 Å². The van der Waals surface area contributed by atoms with Gasteiger partial charge in [-0.3, -0.25) is 4.79 Å². The van der Waals surface area contributed by atoms with Crippen molar-refractivity contribution in [2.24, 2.45) is 0 Å². The van der Waals surface area contributed by atoms with E-state index in [9.17, 15) is 4.79 Å². The Kier molecular flexibility index (Phi) is 4.07. The molecular weight excluding hydrogens is 278 g/mol. The number of fused-ring (bicyclic) bond motifs is 1. The minimum atomic E-state index is -0.521. The number of nitrogens with one attached hydrogen (secondary N) is 3. The molecule has 1 aromatic heterocycles. The van der Waals surface area contributed by atoms with Crippen LogP contribution in [-0.2, 0) is 11.3 Å². The number of aliphatic hydroxyl groups excluding tert-OH is 1. The molecule has 0 saturated carbocycles. The Balaban J connectivity index is 1.72. The maximum Gasteiger partial charge on any atom is 0.250 e. The summed E-state index contributed by atoms with van der Waals surface area (Å²) in [5.74, 6) is -0.422. The lowest BCUT2D eigenvalue weighted by molar-refractivity contribution is -0.118. The first-order valence-electron chi connectivity index (χ1n) is 7.06. The van der Waals surface area contributed by atoms with Crippen molar-refractivity contribution in [2.75, 3.05) is 17.2 Å². The van der Waals surface area contributed by atoms with Gasteiger partial charge in [-0.2, -0.15) is 0 Å². The van der Waals surface area contributed by atoms with Crippen LogP contribution >= 0.6 is 0 Å². The van der Waals surface area contributed by atoms with Gasteiger partial charge in [0.2, 0.25) is 5.91 Å². The van der Waals surface area contributed by atoms with Crippen molar-refractivity contribution in [3.63, 3.8) is 0 Å². The van der Waals surface area contributed by atoms with Crippen LogP contribution in [0.1, 0.15) is 5.56 Å². The first kappa shape index (κ1) is 14.2. The summed E-state index contributed by atoms with van der Waals surface area (Å²) >= 11 is 0. The van der Waals surface area contributed by atoms with Crippen molar-refractivity contribution in [2.45, 2.75) is 6.54 Å². The van der Waals surface area contributed by atoms with E-state index in [1.165, 1.54) is 10.9 Å². The Hall–Kier alpha value is -2.79. The van der Waals surface area contributed by atoms with Gasteiger partial charge in [0.1, 0.15) is 6.61 Å². The number of carbonyl (C=O) groups is 1. The average Bonchev–Trinajstić information content (AvgIpc) is 3.02. The number of hydrogen-bond acceptors (Lipinski definition) is 3. The average molecular weight is 295 g/mol. The van der Waals surface area contributed by atoms with Gasteiger partial charge in [-0.25, -0.2) is 0 Å². The second-order valence-electron chi connectivity index (χ2n) is 5.00. The van der Waals surface area contributed by atoms with E-state index in [0.717, 1.165) is 11.2 Å². The van der Waals surface area contributed by atoms with E-state index < -0.39 is 12.5 Å². The van der Waals surface area contributed by atoms with Crippen LogP contribution in [0.5, 0.6) is 0 Å². The predicted octanol–water partition coefficient (Wildman–Crippen LogP) is 2.71. The number of H-pyrrole nitrogens is 1.